The lowest BCUT2D eigenvalue weighted by Gasteiger charge is -2.27. The highest BCUT2D eigenvalue weighted by Crippen LogP contribution is 2.30. The first kappa shape index (κ1) is 7.71. The van der Waals surface area contributed by atoms with Gasteiger partial charge in [-0.05, 0) is 0 Å². The summed E-state index contributed by atoms with van der Waals surface area (Å²) in [5, 5.41) is 16.7. The van der Waals surface area contributed by atoms with Gasteiger partial charge in [0.05, 0.1) is 5.92 Å². The minimum atomic E-state index is -1.34. The predicted octanol–water partition coefficient (Wildman–Crippen LogP) is -0.639. The third kappa shape index (κ3) is 1.09. The third-order valence-corrected chi connectivity index (χ3v) is 1.75. The Balaban J connectivity index is 2.69. The Hall–Kier alpha value is -1.39. The molecule has 1 rings (SSSR count). The van der Waals surface area contributed by atoms with Gasteiger partial charge < -0.3 is 10.2 Å². The predicted molar refractivity (Wildman–Crippen MR) is 31.9 cm³/mol. The zero-order valence-electron chi connectivity index (χ0n) is 5.48. The van der Waals surface area contributed by atoms with Crippen LogP contribution in [0.1, 0.15) is 6.42 Å². The molecule has 60 valence electrons. The van der Waals surface area contributed by atoms with Crippen molar-refractivity contribution in [3.8, 4) is 0 Å². The molecule has 1 fully saturated rings. The fraction of sp³-hybridized carbons (Fsp3) is 0.500. The lowest BCUT2D eigenvalue weighted by molar-refractivity contribution is -0.166. The van der Waals surface area contributed by atoms with Crippen LogP contribution < -0.4 is 0 Å². The van der Waals surface area contributed by atoms with E-state index >= 15 is 0 Å². The van der Waals surface area contributed by atoms with Crippen molar-refractivity contribution in [1.82, 2.24) is 0 Å². The number of carboxylic acids is 2. The molecule has 0 bridgehead atoms. The molecular formula is C6H6O5. The Morgan fingerprint density at radius 1 is 1.27 bits per heavy atom. The van der Waals surface area contributed by atoms with E-state index in [1.165, 1.54) is 0 Å². The highest BCUT2D eigenvalue weighted by atomic mass is 16.4. The molecule has 0 aromatic heterocycles. The van der Waals surface area contributed by atoms with Gasteiger partial charge in [-0.3, -0.25) is 14.4 Å². The number of Topliss-reactive ketones (excluding diaryl/α,β-unsaturated/α-hetero) is 1. The van der Waals surface area contributed by atoms with E-state index in [2.05, 4.69) is 0 Å². The standard InChI is InChI=1S/C6H6O5/c7-3-1-2(5(8)9)4(3)6(10)11/h2,4H,1H2,(H,8,9)(H,10,11)/t2-,4+/m0/s1. The van der Waals surface area contributed by atoms with Crippen LogP contribution in [0.25, 0.3) is 0 Å². The Morgan fingerprint density at radius 2 is 1.82 bits per heavy atom. The summed E-state index contributed by atoms with van der Waals surface area (Å²) in [6, 6.07) is 0. The minimum Gasteiger partial charge on any atom is -0.481 e. The maximum absolute atomic E-state index is 10.5. The summed E-state index contributed by atoms with van der Waals surface area (Å²) in [6.45, 7) is 0. The lowest BCUT2D eigenvalue weighted by Crippen LogP contribution is -2.46. The van der Waals surface area contributed by atoms with Crippen LogP contribution in [-0.4, -0.2) is 27.9 Å². The minimum absolute atomic E-state index is 0.147. The molecule has 0 spiro atoms. The Labute approximate surface area is 61.6 Å². The smallest absolute Gasteiger partial charge is 0.314 e. The molecule has 0 aromatic rings. The van der Waals surface area contributed by atoms with E-state index in [0.29, 0.717) is 0 Å². The van der Waals surface area contributed by atoms with E-state index in [1.807, 2.05) is 0 Å². The van der Waals surface area contributed by atoms with Crippen molar-refractivity contribution in [1.29, 1.82) is 0 Å². The molecule has 0 saturated heterocycles. The largest absolute Gasteiger partial charge is 0.481 e. The molecule has 2 N–H and O–H groups in total. The van der Waals surface area contributed by atoms with E-state index in [-0.39, 0.29) is 6.42 Å². The second-order valence-corrected chi connectivity index (χ2v) is 2.43. The summed E-state index contributed by atoms with van der Waals surface area (Å²) >= 11 is 0. The topological polar surface area (TPSA) is 91.7 Å². The first-order valence-electron chi connectivity index (χ1n) is 3.02. The van der Waals surface area contributed by atoms with E-state index in [9.17, 15) is 14.4 Å². The highest BCUT2D eigenvalue weighted by Gasteiger charge is 2.49. The van der Waals surface area contributed by atoms with Gasteiger partial charge in [-0.15, -0.1) is 0 Å². The number of hydrogen-bond donors (Lipinski definition) is 2. The number of aliphatic carboxylic acids is 2. The van der Waals surface area contributed by atoms with Crippen LogP contribution in [0.15, 0.2) is 0 Å². The van der Waals surface area contributed by atoms with Gasteiger partial charge >= 0.3 is 11.9 Å². The Bertz CT molecular complexity index is 223. The number of carbonyl (C=O) groups is 3. The molecule has 5 nitrogen and oxygen atoms in total. The van der Waals surface area contributed by atoms with Gasteiger partial charge in [0, 0.05) is 6.42 Å². The van der Waals surface area contributed by atoms with Crippen LogP contribution in [0.3, 0.4) is 0 Å². The van der Waals surface area contributed by atoms with E-state index in [4.69, 9.17) is 10.2 Å². The van der Waals surface area contributed by atoms with Gasteiger partial charge in [0.2, 0.25) is 0 Å². The SMILES string of the molecule is O=C(O)[C@H]1C(=O)C[C@@H]1C(=O)O. The average molecular weight is 158 g/mol. The summed E-state index contributed by atoms with van der Waals surface area (Å²) in [4.78, 5) is 31.0. The molecule has 1 saturated carbocycles. The van der Waals surface area contributed by atoms with Crippen molar-refractivity contribution in [3.05, 3.63) is 0 Å². The molecule has 0 unspecified atom stereocenters. The first-order chi connectivity index (χ1) is 5.04. The van der Waals surface area contributed by atoms with Gasteiger partial charge in [-0.25, -0.2) is 0 Å². The molecular weight excluding hydrogens is 152 g/mol. The summed E-state index contributed by atoms with van der Waals surface area (Å²) in [5.74, 6) is -5.37. The van der Waals surface area contributed by atoms with Crippen LogP contribution in [0.5, 0.6) is 0 Å². The molecule has 1 aliphatic rings. The second kappa shape index (κ2) is 2.34. The van der Waals surface area contributed by atoms with Crippen molar-refractivity contribution in [2.24, 2.45) is 11.8 Å². The third-order valence-electron chi connectivity index (χ3n) is 1.75. The van der Waals surface area contributed by atoms with Crippen molar-refractivity contribution in [3.63, 3.8) is 0 Å². The van der Waals surface area contributed by atoms with Gasteiger partial charge in [-0.1, -0.05) is 0 Å². The molecule has 0 amide bonds. The van der Waals surface area contributed by atoms with Gasteiger partial charge in [0.1, 0.15) is 11.7 Å². The number of carboxylic acid groups (broad SMARTS) is 2. The quantitative estimate of drug-likeness (QED) is 0.521. The molecule has 0 heterocycles. The molecule has 1 aliphatic carbocycles. The maximum Gasteiger partial charge on any atom is 0.314 e. The Morgan fingerprint density at radius 3 is 2.00 bits per heavy atom. The van der Waals surface area contributed by atoms with Crippen molar-refractivity contribution >= 4 is 17.7 Å². The van der Waals surface area contributed by atoms with E-state index in [1.54, 1.807) is 0 Å². The van der Waals surface area contributed by atoms with Crippen LogP contribution in [0.4, 0.5) is 0 Å². The number of carbonyl (C=O) groups excluding carboxylic acids is 1. The molecule has 0 aliphatic heterocycles. The van der Waals surface area contributed by atoms with Crippen molar-refractivity contribution in [2.45, 2.75) is 6.42 Å². The zero-order valence-corrected chi connectivity index (χ0v) is 5.48. The average Bonchev–Trinajstić information content (AvgIpc) is 1.80. The molecule has 0 aromatic carbocycles. The molecule has 5 heteroatoms. The zero-order chi connectivity index (χ0) is 8.59. The summed E-state index contributed by atoms with van der Waals surface area (Å²) in [6.07, 6.45) is -0.147. The summed E-state index contributed by atoms with van der Waals surface area (Å²) < 4.78 is 0. The summed E-state index contributed by atoms with van der Waals surface area (Å²) in [7, 11) is 0. The van der Waals surface area contributed by atoms with Gasteiger partial charge in [0.25, 0.3) is 0 Å². The second-order valence-electron chi connectivity index (χ2n) is 2.43. The van der Waals surface area contributed by atoms with Crippen LogP contribution in [0, 0.1) is 11.8 Å². The molecule has 0 radical (unpaired) electrons. The van der Waals surface area contributed by atoms with Gasteiger partial charge in [-0.2, -0.15) is 0 Å². The van der Waals surface area contributed by atoms with Crippen molar-refractivity contribution < 1.29 is 24.6 Å². The van der Waals surface area contributed by atoms with Gasteiger partial charge in [0.15, 0.2) is 0 Å². The first-order valence-corrected chi connectivity index (χ1v) is 3.02. The maximum atomic E-state index is 10.5. The lowest BCUT2D eigenvalue weighted by atomic mass is 9.72. The molecule has 11 heavy (non-hydrogen) atoms. The van der Waals surface area contributed by atoms with Crippen LogP contribution in [-0.2, 0) is 14.4 Å². The normalized spacial score (nSPS) is 29.3. The van der Waals surface area contributed by atoms with Crippen LogP contribution >= 0.6 is 0 Å². The Kier molecular flexibility index (Phi) is 1.64. The highest BCUT2D eigenvalue weighted by molar-refractivity contribution is 6.08. The van der Waals surface area contributed by atoms with Crippen molar-refractivity contribution in [2.75, 3.05) is 0 Å². The molecule has 2 atom stereocenters. The number of hydrogen-bond acceptors (Lipinski definition) is 3. The number of ketones is 1. The van der Waals surface area contributed by atoms with Crippen LogP contribution in [0.2, 0.25) is 0 Å². The number of rotatable bonds is 2. The summed E-state index contributed by atoms with van der Waals surface area (Å²) in [5.41, 5.74) is 0. The van der Waals surface area contributed by atoms with E-state index < -0.39 is 29.6 Å². The van der Waals surface area contributed by atoms with E-state index in [0.717, 1.165) is 0 Å². The monoisotopic (exact) mass is 158 g/mol. The fourth-order valence-corrected chi connectivity index (χ4v) is 1.07. The fourth-order valence-electron chi connectivity index (χ4n) is 1.07.